The Hall–Kier alpha value is -1.07. The summed E-state index contributed by atoms with van der Waals surface area (Å²) < 4.78 is 26.5. The average Bonchev–Trinajstić information content (AvgIpc) is 2.95. The summed E-state index contributed by atoms with van der Waals surface area (Å²) in [6, 6.07) is 7.45. The first-order chi connectivity index (χ1) is 8.04. The van der Waals surface area contributed by atoms with Gasteiger partial charge in [0.05, 0.1) is 5.69 Å². The number of hydrogen-bond acceptors (Lipinski definition) is 3. The van der Waals surface area contributed by atoms with Crippen molar-refractivity contribution < 1.29 is 8.42 Å². The van der Waals surface area contributed by atoms with Crippen LogP contribution < -0.4 is 10.0 Å². The van der Waals surface area contributed by atoms with Crippen molar-refractivity contribution in [3.63, 3.8) is 0 Å². The Morgan fingerprint density at radius 3 is 2.59 bits per heavy atom. The molecule has 94 valence electrons. The van der Waals surface area contributed by atoms with Crippen LogP contribution in [0.25, 0.3) is 0 Å². The highest BCUT2D eigenvalue weighted by Crippen LogP contribution is 2.34. The minimum Gasteiger partial charge on any atom is -0.381 e. The topological polar surface area (TPSA) is 58.2 Å². The van der Waals surface area contributed by atoms with Crippen LogP contribution >= 0.6 is 0 Å². The van der Waals surface area contributed by atoms with Crippen molar-refractivity contribution in [3.8, 4) is 0 Å². The van der Waals surface area contributed by atoms with Gasteiger partial charge >= 0.3 is 0 Å². The van der Waals surface area contributed by atoms with E-state index in [2.05, 4.69) is 17.0 Å². The zero-order valence-corrected chi connectivity index (χ0v) is 10.9. The number of benzene rings is 1. The predicted octanol–water partition coefficient (Wildman–Crippen LogP) is 1.81. The maximum atomic E-state index is 12.0. The Kier molecular flexibility index (Phi) is 3.40. The van der Waals surface area contributed by atoms with E-state index in [0.29, 0.717) is 29.1 Å². The zero-order valence-electron chi connectivity index (χ0n) is 10.1. The summed E-state index contributed by atoms with van der Waals surface area (Å²) in [4.78, 5) is 0.334. The van der Waals surface area contributed by atoms with Crippen LogP contribution in [0.5, 0.6) is 0 Å². The molecule has 1 fully saturated rings. The fraction of sp³-hybridized carbons (Fsp3) is 0.500. The van der Waals surface area contributed by atoms with Gasteiger partial charge in [0.2, 0.25) is 10.0 Å². The van der Waals surface area contributed by atoms with Crippen LogP contribution in [0.4, 0.5) is 5.69 Å². The molecule has 0 aliphatic heterocycles. The first kappa shape index (κ1) is 12.4. The highest BCUT2D eigenvalue weighted by molar-refractivity contribution is 7.89. The molecule has 0 spiro atoms. The summed E-state index contributed by atoms with van der Waals surface area (Å²) >= 11 is 0. The lowest BCUT2D eigenvalue weighted by molar-refractivity contribution is 0.584. The van der Waals surface area contributed by atoms with Crippen LogP contribution in [-0.2, 0) is 10.0 Å². The summed E-state index contributed by atoms with van der Waals surface area (Å²) in [5, 5.41) is 3.28. The van der Waals surface area contributed by atoms with Gasteiger partial charge in [-0.2, -0.15) is 0 Å². The van der Waals surface area contributed by atoms with Crippen LogP contribution in [-0.4, -0.2) is 21.0 Å². The van der Waals surface area contributed by atoms with Gasteiger partial charge in [0, 0.05) is 12.6 Å². The van der Waals surface area contributed by atoms with Crippen LogP contribution in [0.2, 0.25) is 0 Å². The number of para-hydroxylation sites is 1. The van der Waals surface area contributed by atoms with E-state index in [4.69, 9.17) is 0 Å². The van der Waals surface area contributed by atoms with Crippen molar-refractivity contribution in [1.82, 2.24) is 4.72 Å². The van der Waals surface area contributed by atoms with Gasteiger partial charge in [0.1, 0.15) is 4.90 Å². The number of anilines is 1. The molecule has 2 N–H and O–H groups in total. The molecule has 2 unspecified atom stereocenters. The van der Waals surface area contributed by atoms with Crippen molar-refractivity contribution in [1.29, 1.82) is 0 Å². The lowest BCUT2D eigenvalue weighted by atomic mass is 10.3. The van der Waals surface area contributed by atoms with E-state index in [1.807, 2.05) is 12.1 Å². The molecule has 1 aliphatic rings. The summed E-state index contributed by atoms with van der Waals surface area (Å²) in [7, 11) is -3.39. The van der Waals surface area contributed by atoms with E-state index in [-0.39, 0.29) is 0 Å². The maximum absolute atomic E-state index is 12.0. The molecule has 2 rings (SSSR count). The fourth-order valence-electron chi connectivity index (χ4n) is 1.81. The van der Waals surface area contributed by atoms with Crippen LogP contribution in [0.3, 0.4) is 0 Å². The Labute approximate surface area is 102 Å². The number of rotatable bonds is 5. The molecule has 1 aromatic carbocycles. The van der Waals surface area contributed by atoms with Gasteiger partial charge in [0.15, 0.2) is 0 Å². The van der Waals surface area contributed by atoms with E-state index >= 15 is 0 Å². The van der Waals surface area contributed by atoms with Crippen LogP contribution in [0.15, 0.2) is 29.2 Å². The Morgan fingerprint density at radius 1 is 1.35 bits per heavy atom. The van der Waals surface area contributed by atoms with Crippen LogP contribution in [0.1, 0.15) is 20.3 Å². The molecule has 2 atom stereocenters. The lowest BCUT2D eigenvalue weighted by Crippen LogP contribution is -2.24. The quantitative estimate of drug-likeness (QED) is 0.842. The monoisotopic (exact) mass is 254 g/mol. The SMILES string of the molecule is CCNS(=O)(=O)c1ccccc1NC1CC1C. The standard InChI is InChI=1S/C12H18N2O2S/c1-3-13-17(15,16)12-7-5-4-6-10(12)14-11-8-9(11)2/h4-7,9,11,13-14H,3,8H2,1-2H3. The highest BCUT2D eigenvalue weighted by Gasteiger charge is 2.33. The molecule has 0 amide bonds. The Bertz CT molecular complexity index is 499. The molecule has 17 heavy (non-hydrogen) atoms. The van der Waals surface area contributed by atoms with Crippen molar-refractivity contribution in [3.05, 3.63) is 24.3 Å². The first-order valence-corrected chi connectivity index (χ1v) is 7.38. The number of sulfonamides is 1. The fourth-order valence-corrected chi connectivity index (χ4v) is 3.02. The Morgan fingerprint density at radius 2 is 2.00 bits per heavy atom. The molecule has 0 aromatic heterocycles. The largest absolute Gasteiger partial charge is 0.381 e. The smallest absolute Gasteiger partial charge is 0.242 e. The molecule has 1 saturated carbocycles. The minimum absolute atomic E-state index is 0.334. The second kappa shape index (κ2) is 4.66. The van der Waals surface area contributed by atoms with Gasteiger partial charge in [-0.05, 0) is 24.5 Å². The van der Waals surface area contributed by atoms with Crippen LogP contribution in [0, 0.1) is 5.92 Å². The summed E-state index contributed by atoms with van der Waals surface area (Å²) in [6.45, 7) is 4.33. The maximum Gasteiger partial charge on any atom is 0.242 e. The van der Waals surface area contributed by atoms with E-state index < -0.39 is 10.0 Å². The summed E-state index contributed by atoms with van der Waals surface area (Å²) in [6.07, 6.45) is 1.11. The summed E-state index contributed by atoms with van der Waals surface area (Å²) in [5.74, 6) is 0.630. The molecule has 1 aromatic rings. The molecule has 5 heteroatoms. The van der Waals surface area contributed by atoms with E-state index in [1.54, 1.807) is 19.1 Å². The third-order valence-electron chi connectivity index (χ3n) is 2.96. The molecule has 0 heterocycles. The van der Waals surface area contributed by atoms with Crippen molar-refractivity contribution >= 4 is 15.7 Å². The molecular weight excluding hydrogens is 236 g/mol. The highest BCUT2D eigenvalue weighted by atomic mass is 32.2. The minimum atomic E-state index is -3.39. The molecule has 0 radical (unpaired) electrons. The Balaban J connectivity index is 2.27. The molecule has 0 bridgehead atoms. The van der Waals surface area contributed by atoms with E-state index in [0.717, 1.165) is 6.42 Å². The van der Waals surface area contributed by atoms with Crippen molar-refractivity contribution in [2.45, 2.75) is 31.2 Å². The van der Waals surface area contributed by atoms with Gasteiger partial charge in [-0.25, -0.2) is 13.1 Å². The third-order valence-corrected chi connectivity index (χ3v) is 4.57. The zero-order chi connectivity index (χ0) is 12.5. The van der Waals surface area contributed by atoms with Gasteiger partial charge in [-0.3, -0.25) is 0 Å². The van der Waals surface area contributed by atoms with Gasteiger partial charge < -0.3 is 5.32 Å². The molecule has 1 aliphatic carbocycles. The molecule has 4 nitrogen and oxygen atoms in total. The van der Waals surface area contributed by atoms with Gasteiger partial charge in [0.25, 0.3) is 0 Å². The second-order valence-electron chi connectivity index (χ2n) is 4.46. The first-order valence-electron chi connectivity index (χ1n) is 5.90. The number of nitrogens with one attached hydrogen (secondary N) is 2. The van der Waals surface area contributed by atoms with Crippen molar-refractivity contribution in [2.24, 2.45) is 5.92 Å². The number of hydrogen-bond donors (Lipinski definition) is 2. The van der Waals surface area contributed by atoms with E-state index in [9.17, 15) is 8.42 Å². The van der Waals surface area contributed by atoms with Gasteiger partial charge in [-0.15, -0.1) is 0 Å². The third kappa shape index (κ3) is 2.79. The molecule has 0 saturated heterocycles. The van der Waals surface area contributed by atoms with E-state index in [1.165, 1.54) is 0 Å². The second-order valence-corrected chi connectivity index (χ2v) is 6.20. The lowest BCUT2D eigenvalue weighted by Gasteiger charge is -2.12. The molecular formula is C12H18N2O2S. The normalized spacial score (nSPS) is 23.4. The summed E-state index contributed by atoms with van der Waals surface area (Å²) in [5.41, 5.74) is 0.697. The average molecular weight is 254 g/mol. The predicted molar refractivity (Wildman–Crippen MR) is 68.5 cm³/mol. The van der Waals surface area contributed by atoms with Crippen molar-refractivity contribution in [2.75, 3.05) is 11.9 Å². The van der Waals surface area contributed by atoms with Gasteiger partial charge in [-0.1, -0.05) is 26.0 Å².